The van der Waals surface area contributed by atoms with E-state index in [0.717, 1.165) is 24.5 Å². The molecule has 2 heterocycles. The van der Waals surface area contributed by atoms with Gasteiger partial charge in [-0.1, -0.05) is 30.3 Å². The van der Waals surface area contributed by atoms with E-state index in [-0.39, 0.29) is 12.1 Å². The number of urea groups is 1. The van der Waals surface area contributed by atoms with Crippen LogP contribution < -0.4 is 10.2 Å². The highest BCUT2D eigenvalue weighted by atomic mass is 16.2. The average molecular weight is 311 g/mol. The van der Waals surface area contributed by atoms with Gasteiger partial charge >= 0.3 is 6.03 Å². The van der Waals surface area contributed by atoms with E-state index < -0.39 is 0 Å². The van der Waals surface area contributed by atoms with Crippen LogP contribution in [0.3, 0.4) is 0 Å². The Morgan fingerprint density at radius 3 is 2.52 bits per heavy atom. The molecule has 6 heteroatoms. The smallest absolute Gasteiger partial charge is 0.317 e. The van der Waals surface area contributed by atoms with Gasteiger partial charge < -0.3 is 15.1 Å². The number of amides is 2. The first-order valence-corrected chi connectivity index (χ1v) is 7.85. The third kappa shape index (κ3) is 3.77. The van der Waals surface area contributed by atoms with Crippen LogP contribution in [0.5, 0.6) is 0 Å². The van der Waals surface area contributed by atoms with Gasteiger partial charge in [0.05, 0.1) is 12.2 Å². The average Bonchev–Trinajstić information content (AvgIpc) is 2.63. The zero-order chi connectivity index (χ0) is 16.1. The van der Waals surface area contributed by atoms with Crippen LogP contribution in [0.4, 0.5) is 10.6 Å². The summed E-state index contributed by atoms with van der Waals surface area (Å²) < 4.78 is 0. The normalized spacial score (nSPS) is 16.0. The van der Waals surface area contributed by atoms with E-state index in [1.807, 2.05) is 42.2 Å². The molecule has 6 nitrogen and oxygen atoms in total. The molecule has 120 valence electrons. The lowest BCUT2D eigenvalue weighted by Crippen LogP contribution is -2.52. The minimum atomic E-state index is -0.0138. The highest BCUT2D eigenvalue weighted by Crippen LogP contribution is 2.14. The van der Waals surface area contributed by atoms with Crippen LogP contribution >= 0.6 is 0 Å². The zero-order valence-electron chi connectivity index (χ0n) is 13.2. The van der Waals surface area contributed by atoms with Crippen LogP contribution in [-0.2, 0) is 0 Å². The van der Waals surface area contributed by atoms with Gasteiger partial charge in [0, 0.05) is 38.6 Å². The monoisotopic (exact) mass is 311 g/mol. The fourth-order valence-corrected chi connectivity index (χ4v) is 2.69. The van der Waals surface area contributed by atoms with Gasteiger partial charge in [-0.25, -0.2) is 9.78 Å². The van der Waals surface area contributed by atoms with Crippen molar-refractivity contribution in [3.05, 3.63) is 54.5 Å². The summed E-state index contributed by atoms with van der Waals surface area (Å²) in [6.45, 7) is 4.91. The second kappa shape index (κ2) is 7.09. The molecule has 0 aliphatic carbocycles. The largest absolute Gasteiger partial charge is 0.352 e. The number of hydrogen-bond donors (Lipinski definition) is 1. The van der Waals surface area contributed by atoms with E-state index in [1.165, 1.54) is 0 Å². The van der Waals surface area contributed by atoms with E-state index in [1.54, 1.807) is 18.6 Å². The summed E-state index contributed by atoms with van der Waals surface area (Å²) in [5, 5.41) is 3.06. The van der Waals surface area contributed by atoms with E-state index in [2.05, 4.69) is 20.2 Å². The summed E-state index contributed by atoms with van der Waals surface area (Å²) in [7, 11) is 0. The molecule has 23 heavy (non-hydrogen) atoms. The second-order valence-corrected chi connectivity index (χ2v) is 5.62. The summed E-state index contributed by atoms with van der Waals surface area (Å²) in [5.41, 5.74) is 1.11. The summed E-state index contributed by atoms with van der Waals surface area (Å²) in [6.07, 6.45) is 5.11. The maximum atomic E-state index is 12.4. The van der Waals surface area contributed by atoms with E-state index in [0.29, 0.717) is 13.1 Å². The molecule has 0 unspecified atom stereocenters. The summed E-state index contributed by atoms with van der Waals surface area (Å²) in [6, 6.07) is 9.98. The molecule has 1 aliphatic rings. The van der Waals surface area contributed by atoms with Gasteiger partial charge in [0.1, 0.15) is 5.82 Å². The Bertz CT molecular complexity index is 626. The van der Waals surface area contributed by atoms with Gasteiger partial charge in [0.2, 0.25) is 0 Å². The molecule has 1 aromatic heterocycles. The number of nitrogens with one attached hydrogen (secondary N) is 1. The molecule has 2 amide bonds. The van der Waals surface area contributed by atoms with Crippen molar-refractivity contribution in [3.8, 4) is 0 Å². The Morgan fingerprint density at radius 2 is 1.87 bits per heavy atom. The topological polar surface area (TPSA) is 61.4 Å². The number of benzene rings is 1. The highest BCUT2D eigenvalue weighted by Gasteiger charge is 2.23. The molecule has 3 rings (SSSR count). The van der Waals surface area contributed by atoms with E-state index >= 15 is 0 Å². The molecule has 0 saturated carbocycles. The fourth-order valence-electron chi connectivity index (χ4n) is 2.69. The van der Waals surface area contributed by atoms with Crippen LogP contribution in [0.15, 0.2) is 48.9 Å². The molecular formula is C17H21N5O. The molecule has 2 aromatic rings. The molecule has 1 saturated heterocycles. The van der Waals surface area contributed by atoms with Crippen molar-refractivity contribution in [2.45, 2.75) is 13.0 Å². The Morgan fingerprint density at radius 1 is 1.13 bits per heavy atom. The first-order valence-electron chi connectivity index (χ1n) is 7.85. The number of hydrogen-bond acceptors (Lipinski definition) is 4. The minimum absolute atomic E-state index is 0.00159. The van der Waals surface area contributed by atoms with Crippen molar-refractivity contribution in [1.29, 1.82) is 0 Å². The highest BCUT2D eigenvalue weighted by molar-refractivity contribution is 5.75. The summed E-state index contributed by atoms with van der Waals surface area (Å²) >= 11 is 0. The number of piperazine rings is 1. The first kappa shape index (κ1) is 15.3. The Hall–Kier alpha value is -2.63. The van der Waals surface area contributed by atoms with Crippen LogP contribution in [-0.4, -0.2) is 47.1 Å². The molecule has 0 bridgehead atoms. The van der Waals surface area contributed by atoms with Crippen molar-refractivity contribution in [2.24, 2.45) is 0 Å². The standard InChI is InChI=1S/C17H21N5O/c1-14(15-5-3-2-4-6-15)20-17(23)22-11-9-21(10-12-22)16-13-18-7-8-19-16/h2-8,13-14H,9-12H2,1H3,(H,20,23)/t14-/m1/s1. The van der Waals surface area contributed by atoms with Crippen LogP contribution in [0.1, 0.15) is 18.5 Å². The molecule has 0 radical (unpaired) electrons. The maximum Gasteiger partial charge on any atom is 0.317 e. The van der Waals surface area contributed by atoms with Gasteiger partial charge in [0.25, 0.3) is 0 Å². The third-order valence-corrected chi connectivity index (χ3v) is 4.08. The molecular weight excluding hydrogens is 290 g/mol. The number of anilines is 1. The number of carbonyl (C=O) groups is 1. The van der Waals surface area contributed by atoms with Gasteiger partial charge in [0.15, 0.2) is 0 Å². The van der Waals surface area contributed by atoms with Crippen molar-refractivity contribution in [1.82, 2.24) is 20.2 Å². The van der Waals surface area contributed by atoms with Gasteiger partial charge in [-0.3, -0.25) is 4.98 Å². The molecule has 0 spiro atoms. The first-order chi connectivity index (χ1) is 11.2. The number of aromatic nitrogens is 2. The zero-order valence-corrected chi connectivity index (χ0v) is 13.2. The molecule has 1 aliphatic heterocycles. The van der Waals surface area contributed by atoms with Crippen molar-refractivity contribution in [3.63, 3.8) is 0 Å². The predicted molar refractivity (Wildman–Crippen MR) is 89.2 cm³/mol. The minimum Gasteiger partial charge on any atom is -0.352 e. The summed E-state index contributed by atoms with van der Waals surface area (Å²) in [4.78, 5) is 24.8. The number of nitrogens with zero attached hydrogens (tertiary/aromatic N) is 4. The van der Waals surface area contributed by atoms with Gasteiger partial charge in [-0.05, 0) is 12.5 Å². The molecule has 1 aromatic carbocycles. The maximum absolute atomic E-state index is 12.4. The lowest BCUT2D eigenvalue weighted by Gasteiger charge is -2.35. The van der Waals surface area contributed by atoms with Gasteiger partial charge in [-0.2, -0.15) is 0 Å². The van der Waals surface area contributed by atoms with Crippen LogP contribution in [0.25, 0.3) is 0 Å². The molecule has 1 N–H and O–H groups in total. The van der Waals surface area contributed by atoms with Crippen molar-refractivity contribution >= 4 is 11.8 Å². The molecule has 1 atom stereocenters. The Kier molecular flexibility index (Phi) is 4.71. The SMILES string of the molecule is C[C@@H](NC(=O)N1CCN(c2cnccn2)CC1)c1ccccc1. The third-order valence-electron chi connectivity index (χ3n) is 4.08. The number of carbonyl (C=O) groups excluding carboxylic acids is 1. The van der Waals surface area contributed by atoms with Crippen LogP contribution in [0, 0.1) is 0 Å². The second-order valence-electron chi connectivity index (χ2n) is 5.62. The van der Waals surface area contributed by atoms with Crippen molar-refractivity contribution in [2.75, 3.05) is 31.1 Å². The lowest BCUT2D eigenvalue weighted by atomic mass is 10.1. The van der Waals surface area contributed by atoms with Crippen molar-refractivity contribution < 1.29 is 4.79 Å². The fraction of sp³-hybridized carbons (Fsp3) is 0.353. The Labute approximate surface area is 136 Å². The summed E-state index contributed by atoms with van der Waals surface area (Å²) in [5.74, 6) is 0.866. The van der Waals surface area contributed by atoms with Gasteiger partial charge in [-0.15, -0.1) is 0 Å². The predicted octanol–water partition coefficient (Wildman–Crippen LogP) is 2.07. The number of rotatable bonds is 3. The van der Waals surface area contributed by atoms with Crippen LogP contribution in [0.2, 0.25) is 0 Å². The Balaban J connectivity index is 1.52. The quantitative estimate of drug-likeness (QED) is 0.942. The molecule has 1 fully saturated rings. The lowest BCUT2D eigenvalue weighted by molar-refractivity contribution is 0.191. The van der Waals surface area contributed by atoms with E-state index in [4.69, 9.17) is 0 Å². The van der Waals surface area contributed by atoms with E-state index in [9.17, 15) is 4.79 Å².